The first kappa shape index (κ1) is 22.2. The van der Waals surface area contributed by atoms with Gasteiger partial charge in [-0.2, -0.15) is 0 Å². The zero-order valence-electron chi connectivity index (χ0n) is 17.7. The third kappa shape index (κ3) is 4.47. The maximum absolute atomic E-state index is 11.3. The molecule has 0 aliphatic carbocycles. The van der Waals surface area contributed by atoms with Crippen molar-refractivity contribution in [3.05, 3.63) is 59.4 Å². The van der Waals surface area contributed by atoms with E-state index in [1.54, 1.807) is 12.1 Å². The normalized spacial score (nSPS) is 12.0. The molecular formula is C22H26N5O4P. The van der Waals surface area contributed by atoms with Gasteiger partial charge in [-0.3, -0.25) is 9.79 Å². The molecule has 10 heteroatoms. The summed E-state index contributed by atoms with van der Waals surface area (Å²) in [6, 6.07) is 12.9. The van der Waals surface area contributed by atoms with Crippen molar-refractivity contribution in [3.8, 4) is 5.75 Å². The predicted octanol–water partition coefficient (Wildman–Crippen LogP) is 3.49. The summed E-state index contributed by atoms with van der Waals surface area (Å²) < 4.78 is 18.2. The summed E-state index contributed by atoms with van der Waals surface area (Å²) in [6.45, 7) is 2.70. The molecule has 0 saturated carbocycles. The molecule has 0 atom stereocenters. The molecule has 6 N–H and O–H groups in total. The number of unbranched alkanes of at least 4 members (excludes halogenated alkanes) is 1. The van der Waals surface area contributed by atoms with Gasteiger partial charge < -0.3 is 20.6 Å². The quantitative estimate of drug-likeness (QED) is 0.295. The summed E-state index contributed by atoms with van der Waals surface area (Å²) in [5.41, 5.74) is 15.9. The topological polar surface area (TPSA) is 150 Å². The zero-order valence-corrected chi connectivity index (χ0v) is 18.6. The van der Waals surface area contributed by atoms with Crippen LogP contribution in [0.15, 0.2) is 42.5 Å². The van der Waals surface area contributed by atoms with Crippen molar-refractivity contribution in [2.75, 3.05) is 5.73 Å². The van der Waals surface area contributed by atoms with Gasteiger partial charge in [0.15, 0.2) is 5.82 Å². The lowest BCUT2D eigenvalue weighted by atomic mass is 10.1. The molecule has 32 heavy (non-hydrogen) atoms. The van der Waals surface area contributed by atoms with Crippen molar-refractivity contribution in [3.63, 3.8) is 0 Å². The molecule has 0 fully saturated rings. The summed E-state index contributed by atoms with van der Waals surface area (Å²) in [5, 5.41) is 0.965. The number of aryl methyl sites for hydroxylation is 1. The molecule has 0 unspecified atom stereocenters. The Bertz CT molecular complexity index is 1330. The van der Waals surface area contributed by atoms with E-state index >= 15 is 0 Å². The predicted molar refractivity (Wildman–Crippen MR) is 124 cm³/mol. The second kappa shape index (κ2) is 8.88. The molecule has 0 bridgehead atoms. The van der Waals surface area contributed by atoms with E-state index < -0.39 is 7.82 Å². The van der Waals surface area contributed by atoms with Crippen LogP contribution in [0.1, 0.15) is 36.7 Å². The second-order valence-corrected chi connectivity index (χ2v) is 8.82. The largest absolute Gasteiger partial charge is 0.524 e. The summed E-state index contributed by atoms with van der Waals surface area (Å²) in [6.07, 6.45) is 2.81. The average molecular weight is 455 g/mol. The third-order valence-electron chi connectivity index (χ3n) is 5.35. The number of nitrogen functional groups attached to an aromatic ring is 1. The Balaban J connectivity index is 1.85. The van der Waals surface area contributed by atoms with Crippen molar-refractivity contribution in [2.45, 2.75) is 39.3 Å². The van der Waals surface area contributed by atoms with Crippen molar-refractivity contribution in [2.24, 2.45) is 5.73 Å². The van der Waals surface area contributed by atoms with Gasteiger partial charge in [-0.1, -0.05) is 37.6 Å². The fourth-order valence-corrected chi connectivity index (χ4v) is 4.33. The fourth-order valence-electron chi connectivity index (χ4n) is 3.89. The highest BCUT2D eigenvalue weighted by atomic mass is 31.2. The van der Waals surface area contributed by atoms with Gasteiger partial charge in [-0.25, -0.2) is 14.5 Å². The second-order valence-electron chi connectivity index (χ2n) is 7.66. The molecule has 4 rings (SSSR count). The van der Waals surface area contributed by atoms with Crippen LogP contribution in [0.3, 0.4) is 0 Å². The van der Waals surface area contributed by atoms with Gasteiger partial charge in [0.1, 0.15) is 17.1 Å². The molecule has 9 nitrogen and oxygen atoms in total. The number of anilines is 1. The first-order valence-electron chi connectivity index (χ1n) is 10.4. The SMILES string of the molecule is CCCCc1nc2c(N)nc3ccccc3c2n1Cc1ccc(OP(=O)(O)O)c(CN)c1. The van der Waals surface area contributed by atoms with E-state index in [1.807, 2.05) is 24.3 Å². The number of para-hydroxylation sites is 1. The molecular weight excluding hydrogens is 429 g/mol. The van der Waals surface area contributed by atoms with Gasteiger partial charge in [0.2, 0.25) is 0 Å². The fraction of sp³-hybridized carbons (Fsp3) is 0.273. The van der Waals surface area contributed by atoms with Crippen LogP contribution in [0.2, 0.25) is 0 Å². The third-order valence-corrected chi connectivity index (χ3v) is 5.78. The van der Waals surface area contributed by atoms with Crippen molar-refractivity contribution < 1.29 is 18.9 Å². The van der Waals surface area contributed by atoms with Gasteiger partial charge in [-0.15, -0.1) is 0 Å². The van der Waals surface area contributed by atoms with Crippen LogP contribution in [-0.4, -0.2) is 24.3 Å². The van der Waals surface area contributed by atoms with Crippen LogP contribution in [0.5, 0.6) is 5.75 Å². The first-order valence-corrected chi connectivity index (χ1v) is 11.9. The number of nitrogens with two attached hydrogens (primary N) is 2. The maximum atomic E-state index is 11.3. The van der Waals surface area contributed by atoms with E-state index in [0.29, 0.717) is 23.4 Å². The van der Waals surface area contributed by atoms with Gasteiger partial charge in [-0.05, 0) is 30.2 Å². The number of hydrogen-bond acceptors (Lipinski definition) is 6. The number of pyridine rings is 1. The molecule has 2 aromatic carbocycles. The highest BCUT2D eigenvalue weighted by Gasteiger charge is 2.20. The Morgan fingerprint density at radius 3 is 2.66 bits per heavy atom. The average Bonchev–Trinajstić information content (AvgIpc) is 3.11. The van der Waals surface area contributed by atoms with E-state index in [4.69, 9.17) is 30.8 Å². The Hall–Kier alpha value is -2.97. The number of phosphoric ester groups is 1. The highest BCUT2D eigenvalue weighted by Crippen LogP contribution is 2.39. The molecule has 2 aromatic heterocycles. The molecule has 2 heterocycles. The van der Waals surface area contributed by atoms with E-state index in [1.165, 1.54) is 6.07 Å². The molecule has 0 aliphatic rings. The Kier molecular flexibility index (Phi) is 6.17. The summed E-state index contributed by atoms with van der Waals surface area (Å²) in [7, 11) is -4.68. The van der Waals surface area contributed by atoms with E-state index in [-0.39, 0.29) is 12.3 Å². The molecule has 0 saturated heterocycles. The zero-order chi connectivity index (χ0) is 22.9. The lowest BCUT2D eigenvalue weighted by Crippen LogP contribution is -2.08. The number of rotatable bonds is 8. The van der Waals surface area contributed by atoms with Crippen molar-refractivity contribution in [1.82, 2.24) is 14.5 Å². The lowest BCUT2D eigenvalue weighted by molar-refractivity contribution is 0.282. The Morgan fingerprint density at radius 2 is 1.94 bits per heavy atom. The van der Waals surface area contributed by atoms with Gasteiger partial charge >= 0.3 is 7.82 Å². The minimum atomic E-state index is -4.68. The Morgan fingerprint density at radius 1 is 1.16 bits per heavy atom. The monoisotopic (exact) mass is 455 g/mol. The Labute approximate surface area is 185 Å². The number of imidazole rings is 1. The first-order chi connectivity index (χ1) is 15.3. The van der Waals surface area contributed by atoms with Crippen molar-refractivity contribution in [1.29, 1.82) is 0 Å². The molecule has 0 aliphatic heterocycles. The summed E-state index contributed by atoms with van der Waals surface area (Å²) in [4.78, 5) is 27.6. The molecule has 0 radical (unpaired) electrons. The van der Waals surface area contributed by atoms with E-state index in [9.17, 15) is 4.57 Å². The van der Waals surface area contributed by atoms with Crippen LogP contribution in [-0.2, 0) is 24.1 Å². The van der Waals surface area contributed by atoms with Crippen LogP contribution in [0.25, 0.3) is 21.9 Å². The number of benzene rings is 2. The minimum absolute atomic E-state index is 0.0742. The smallest absolute Gasteiger partial charge is 0.404 e. The van der Waals surface area contributed by atoms with Crippen LogP contribution >= 0.6 is 7.82 Å². The van der Waals surface area contributed by atoms with Gasteiger partial charge in [0.25, 0.3) is 0 Å². The molecule has 168 valence electrons. The minimum Gasteiger partial charge on any atom is -0.404 e. The van der Waals surface area contributed by atoms with Crippen LogP contribution in [0, 0.1) is 0 Å². The number of hydrogen-bond donors (Lipinski definition) is 4. The van der Waals surface area contributed by atoms with Crippen LogP contribution in [0.4, 0.5) is 5.82 Å². The number of nitrogens with zero attached hydrogens (tertiary/aromatic N) is 3. The maximum Gasteiger partial charge on any atom is 0.524 e. The molecule has 4 aromatic rings. The number of fused-ring (bicyclic) bond motifs is 3. The lowest BCUT2D eigenvalue weighted by Gasteiger charge is -2.15. The van der Waals surface area contributed by atoms with E-state index in [2.05, 4.69) is 16.5 Å². The van der Waals surface area contributed by atoms with Gasteiger partial charge in [0.05, 0.1) is 11.0 Å². The molecule has 0 amide bonds. The van der Waals surface area contributed by atoms with E-state index in [0.717, 1.165) is 47.1 Å². The van der Waals surface area contributed by atoms with Gasteiger partial charge in [0, 0.05) is 30.5 Å². The number of aromatic nitrogens is 3. The number of phosphoric acid groups is 1. The molecule has 0 spiro atoms. The highest BCUT2D eigenvalue weighted by molar-refractivity contribution is 7.46. The standard InChI is InChI=1S/C22H26N5O4P/c1-2-3-8-19-26-20-21(16-6-4-5-7-17(16)25-22(20)24)27(19)13-14-9-10-18(15(11-14)12-23)31-32(28,29)30/h4-7,9-11H,2-3,8,12-13,23H2,1H3,(H2,24,25)(H2,28,29,30). The van der Waals surface area contributed by atoms with Crippen molar-refractivity contribution >= 4 is 35.6 Å². The van der Waals surface area contributed by atoms with Crippen LogP contribution < -0.4 is 16.0 Å². The summed E-state index contributed by atoms with van der Waals surface area (Å²) >= 11 is 0. The summed E-state index contributed by atoms with van der Waals surface area (Å²) in [5.74, 6) is 1.38.